The summed E-state index contributed by atoms with van der Waals surface area (Å²) < 4.78 is 0. The standard InChI is InChI=1S/C19H16O/c20-19-17-8-4-3-5-13(17)9-10-18(19)16-11-14-6-1-2-7-15(14)12-16/h1-8,11,18H,9-10,12H2. The molecule has 98 valence electrons. The Hall–Kier alpha value is -2.15. The van der Waals surface area contributed by atoms with Gasteiger partial charge in [-0.25, -0.2) is 0 Å². The van der Waals surface area contributed by atoms with E-state index < -0.39 is 0 Å². The molecule has 1 nitrogen and oxygen atoms in total. The quantitative estimate of drug-likeness (QED) is 0.755. The Labute approximate surface area is 119 Å². The number of ketones is 1. The number of allylic oxidation sites excluding steroid dienone is 1. The molecular weight excluding hydrogens is 244 g/mol. The van der Waals surface area contributed by atoms with Crippen LogP contribution >= 0.6 is 0 Å². The molecule has 0 saturated heterocycles. The normalized spacial score (nSPS) is 20.3. The van der Waals surface area contributed by atoms with Gasteiger partial charge in [0.15, 0.2) is 5.78 Å². The van der Waals surface area contributed by atoms with E-state index in [0.29, 0.717) is 5.78 Å². The molecule has 20 heavy (non-hydrogen) atoms. The fourth-order valence-corrected chi connectivity index (χ4v) is 3.48. The topological polar surface area (TPSA) is 17.1 Å². The van der Waals surface area contributed by atoms with Gasteiger partial charge in [0.25, 0.3) is 0 Å². The summed E-state index contributed by atoms with van der Waals surface area (Å²) in [5, 5.41) is 0. The molecule has 4 rings (SSSR count). The summed E-state index contributed by atoms with van der Waals surface area (Å²) in [4.78, 5) is 12.7. The first-order chi connectivity index (χ1) is 9.83. The Bertz CT molecular complexity index is 724. The number of aryl methyl sites for hydroxylation is 1. The molecule has 1 atom stereocenters. The fourth-order valence-electron chi connectivity index (χ4n) is 3.48. The van der Waals surface area contributed by atoms with Crippen molar-refractivity contribution in [2.75, 3.05) is 0 Å². The lowest BCUT2D eigenvalue weighted by atomic mass is 9.78. The molecule has 0 heterocycles. The molecule has 0 N–H and O–H groups in total. The molecule has 0 aromatic heterocycles. The van der Waals surface area contributed by atoms with Gasteiger partial charge in [0.1, 0.15) is 0 Å². The first kappa shape index (κ1) is 11.7. The molecule has 0 radical (unpaired) electrons. The van der Waals surface area contributed by atoms with Gasteiger partial charge in [-0.2, -0.15) is 0 Å². The van der Waals surface area contributed by atoms with E-state index in [1.165, 1.54) is 22.3 Å². The minimum absolute atomic E-state index is 0.0808. The number of hydrogen-bond acceptors (Lipinski definition) is 1. The summed E-state index contributed by atoms with van der Waals surface area (Å²) in [7, 11) is 0. The molecule has 2 aromatic carbocycles. The zero-order chi connectivity index (χ0) is 13.5. The number of hydrogen-bond donors (Lipinski definition) is 0. The summed E-state index contributed by atoms with van der Waals surface area (Å²) in [5.74, 6) is 0.392. The highest BCUT2D eigenvalue weighted by Gasteiger charge is 2.31. The maximum Gasteiger partial charge on any atom is 0.170 e. The van der Waals surface area contributed by atoms with Gasteiger partial charge in [-0.1, -0.05) is 60.2 Å². The zero-order valence-corrected chi connectivity index (χ0v) is 11.3. The Kier molecular flexibility index (Phi) is 2.59. The molecule has 0 bridgehead atoms. The lowest BCUT2D eigenvalue weighted by molar-refractivity contribution is 0.0924. The summed E-state index contributed by atoms with van der Waals surface area (Å²) in [6.45, 7) is 0. The van der Waals surface area contributed by atoms with Crippen molar-refractivity contribution in [2.45, 2.75) is 19.3 Å². The van der Waals surface area contributed by atoms with Crippen LogP contribution in [-0.4, -0.2) is 5.78 Å². The van der Waals surface area contributed by atoms with Gasteiger partial charge < -0.3 is 0 Å². The summed E-state index contributed by atoms with van der Waals surface area (Å²) >= 11 is 0. The molecule has 0 fully saturated rings. The molecule has 0 spiro atoms. The molecule has 1 heteroatoms. The SMILES string of the molecule is O=C1c2ccccc2CCC1C1=Cc2ccccc2C1. The number of carbonyl (C=O) groups is 1. The number of benzene rings is 2. The van der Waals surface area contributed by atoms with Gasteiger partial charge in [0.2, 0.25) is 0 Å². The van der Waals surface area contributed by atoms with E-state index in [4.69, 9.17) is 0 Å². The van der Waals surface area contributed by atoms with E-state index in [-0.39, 0.29) is 5.92 Å². The van der Waals surface area contributed by atoms with E-state index >= 15 is 0 Å². The molecule has 1 unspecified atom stereocenters. The van der Waals surface area contributed by atoms with Crippen molar-refractivity contribution in [1.82, 2.24) is 0 Å². The highest BCUT2D eigenvalue weighted by atomic mass is 16.1. The second-order valence-corrected chi connectivity index (χ2v) is 5.71. The van der Waals surface area contributed by atoms with Gasteiger partial charge in [-0.3, -0.25) is 4.79 Å². The third-order valence-corrected chi connectivity index (χ3v) is 4.54. The van der Waals surface area contributed by atoms with Crippen LogP contribution < -0.4 is 0 Å². The lowest BCUT2D eigenvalue weighted by Crippen LogP contribution is -2.24. The average molecular weight is 260 g/mol. The van der Waals surface area contributed by atoms with Crippen LogP contribution in [0.25, 0.3) is 6.08 Å². The fraction of sp³-hybridized carbons (Fsp3) is 0.211. The third kappa shape index (κ3) is 1.74. The van der Waals surface area contributed by atoms with Crippen LogP contribution in [0.15, 0.2) is 54.1 Å². The van der Waals surface area contributed by atoms with Crippen molar-refractivity contribution in [3.05, 3.63) is 76.4 Å². The van der Waals surface area contributed by atoms with Crippen molar-refractivity contribution >= 4 is 11.9 Å². The molecule has 0 aliphatic heterocycles. The average Bonchev–Trinajstić information content (AvgIpc) is 2.91. The van der Waals surface area contributed by atoms with Crippen molar-refractivity contribution < 1.29 is 4.79 Å². The van der Waals surface area contributed by atoms with Crippen molar-refractivity contribution in [1.29, 1.82) is 0 Å². The first-order valence-electron chi connectivity index (χ1n) is 7.23. The Balaban J connectivity index is 1.68. The Morgan fingerprint density at radius 2 is 1.65 bits per heavy atom. The van der Waals surface area contributed by atoms with E-state index in [2.05, 4.69) is 36.4 Å². The van der Waals surface area contributed by atoms with E-state index in [1.807, 2.05) is 18.2 Å². The van der Waals surface area contributed by atoms with Crippen LogP contribution in [-0.2, 0) is 12.8 Å². The van der Waals surface area contributed by atoms with Crippen LogP contribution in [0.5, 0.6) is 0 Å². The first-order valence-corrected chi connectivity index (χ1v) is 7.23. The predicted molar refractivity (Wildman–Crippen MR) is 80.7 cm³/mol. The highest BCUT2D eigenvalue weighted by Crippen LogP contribution is 2.36. The largest absolute Gasteiger partial charge is 0.293 e. The minimum Gasteiger partial charge on any atom is -0.293 e. The van der Waals surface area contributed by atoms with Crippen LogP contribution in [0.3, 0.4) is 0 Å². The molecular formula is C19H16O. The van der Waals surface area contributed by atoms with Crippen molar-refractivity contribution in [2.24, 2.45) is 5.92 Å². The smallest absolute Gasteiger partial charge is 0.170 e. The highest BCUT2D eigenvalue weighted by molar-refractivity contribution is 6.02. The second kappa shape index (κ2) is 4.45. The van der Waals surface area contributed by atoms with Gasteiger partial charge in [-0.05, 0) is 36.0 Å². The number of rotatable bonds is 1. The zero-order valence-electron chi connectivity index (χ0n) is 11.3. The summed E-state index contributed by atoms with van der Waals surface area (Å²) in [6, 6.07) is 16.5. The van der Waals surface area contributed by atoms with E-state index in [1.54, 1.807) is 0 Å². The summed E-state index contributed by atoms with van der Waals surface area (Å²) in [5.41, 5.74) is 6.08. The third-order valence-electron chi connectivity index (χ3n) is 4.54. The lowest BCUT2D eigenvalue weighted by Gasteiger charge is -2.24. The van der Waals surface area contributed by atoms with Crippen molar-refractivity contribution in [3.8, 4) is 0 Å². The monoisotopic (exact) mass is 260 g/mol. The number of Topliss-reactive ketones (excluding diaryl/α,β-unsaturated/α-hetero) is 1. The van der Waals surface area contributed by atoms with Crippen LogP contribution in [0.2, 0.25) is 0 Å². The van der Waals surface area contributed by atoms with E-state index in [9.17, 15) is 4.79 Å². The second-order valence-electron chi connectivity index (χ2n) is 5.71. The maximum atomic E-state index is 12.7. The number of carbonyl (C=O) groups excluding carboxylic acids is 1. The minimum atomic E-state index is 0.0808. The predicted octanol–water partition coefficient (Wildman–Crippen LogP) is 4.07. The Morgan fingerprint density at radius 1 is 0.900 bits per heavy atom. The van der Waals surface area contributed by atoms with Crippen LogP contribution in [0.4, 0.5) is 0 Å². The van der Waals surface area contributed by atoms with Crippen molar-refractivity contribution in [3.63, 3.8) is 0 Å². The van der Waals surface area contributed by atoms with Gasteiger partial charge in [-0.15, -0.1) is 0 Å². The van der Waals surface area contributed by atoms with Crippen LogP contribution in [0, 0.1) is 5.92 Å². The molecule has 2 aliphatic carbocycles. The number of fused-ring (bicyclic) bond motifs is 2. The van der Waals surface area contributed by atoms with Gasteiger partial charge in [0, 0.05) is 11.5 Å². The van der Waals surface area contributed by atoms with E-state index in [0.717, 1.165) is 24.8 Å². The molecule has 0 amide bonds. The molecule has 2 aliphatic rings. The molecule has 0 saturated carbocycles. The van der Waals surface area contributed by atoms with Gasteiger partial charge in [0.05, 0.1) is 0 Å². The maximum absolute atomic E-state index is 12.7. The Morgan fingerprint density at radius 3 is 2.50 bits per heavy atom. The van der Waals surface area contributed by atoms with Gasteiger partial charge >= 0.3 is 0 Å². The molecule has 2 aromatic rings. The summed E-state index contributed by atoms with van der Waals surface area (Å²) in [6.07, 6.45) is 5.14. The van der Waals surface area contributed by atoms with Crippen LogP contribution in [0.1, 0.15) is 33.5 Å².